The summed E-state index contributed by atoms with van der Waals surface area (Å²) < 4.78 is 5.27. The lowest BCUT2D eigenvalue weighted by molar-refractivity contribution is 0.0970. The molecule has 1 amide bonds. The molecular formula is C15H16N2O2. The number of hydrogen-bond donors (Lipinski definition) is 0. The second-order valence-corrected chi connectivity index (χ2v) is 4.56. The fourth-order valence-electron chi connectivity index (χ4n) is 2.20. The Balaban J connectivity index is 1.93. The van der Waals surface area contributed by atoms with Crippen LogP contribution in [0.1, 0.15) is 12.0 Å². The van der Waals surface area contributed by atoms with Crippen molar-refractivity contribution < 1.29 is 9.53 Å². The van der Waals surface area contributed by atoms with E-state index >= 15 is 0 Å². The highest BCUT2D eigenvalue weighted by Crippen LogP contribution is 2.24. The summed E-state index contributed by atoms with van der Waals surface area (Å²) >= 11 is 0. The molecule has 1 fully saturated rings. The van der Waals surface area contributed by atoms with Gasteiger partial charge >= 0.3 is 6.09 Å². The minimum Gasteiger partial charge on any atom is -0.445 e. The van der Waals surface area contributed by atoms with Crippen LogP contribution in [0.3, 0.4) is 0 Å². The van der Waals surface area contributed by atoms with Gasteiger partial charge in [-0.3, -0.25) is 0 Å². The minimum atomic E-state index is -0.383. The number of nitrogens with zero attached hydrogens (tertiary/aromatic N) is 2. The van der Waals surface area contributed by atoms with Crippen LogP contribution in [0, 0.1) is 17.2 Å². The third-order valence-electron chi connectivity index (χ3n) is 3.24. The van der Waals surface area contributed by atoms with Gasteiger partial charge in [-0.25, -0.2) is 4.79 Å². The summed E-state index contributed by atoms with van der Waals surface area (Å²) in [6, 6.07) is 11.6. The molecule has 0 N–H and O–H groups in total. The molecule has 1 aliphatic rings. The van der Waals surface area contributed by atoms with Gasteiger partial charge in [0.05, 0.1) is 18.0 Å². The molecule has 2 atom stereocenters. The van der Waals surface area contributed by atoms with Crippen molar-refractivity contribution >= 4 is 6.09 Å². The highest BCUT2D eigenvalue weighted by atomic mass is 16.6. The molecule has 1 heterocycles. The average Bonchev–Trinajstić information content (AvgIpc) is 2.89. The third-order valence-corrected chi connectivity index (χ3v) is 3.24. The summed E-state index contributed by atoms with van der Waals surface area (Å²) in [7, 11) is 0. The van der Waals surface area contributed by atoms with Gasteiger partial charge in [-0.2, -0.15) is 5.26 Å². The molecule has 19 heavy (non-hydrogen) atoms. The minimum absolute atomic E-state index is 0.104. The van der Waals surface area contributed by atoms with Crippen molar-refractivity contribution in [3.05, 3.63) is 48.6 Å². The standard InChI is InChI=1S/C15H16N2O2/c1-2-14-8-13(9-16)10-17(14)15(18)19-11-12-6-4-3-5-7-12/h2-7,13-14H,1,8,10-11H2/t13-,14-/m1/s1. The zero-order chi connectivity index (χ0) is 13.7. The number of ether oxygens (including phenoxy) is 1. The predicted molar refractivity (Wildman–Crippen MR) is 71.0 cm³/mol. The maximum absolute atomic E-state index is 12.0. The third kappa shape index (κ3) is 3.14. The number of benzene rings is 1. The summed E-state index contributed by atoms with van der Waals surface area (Å²) in [6.45, 7) is 4.37. The van der Waals surface area contributed by atoms with Crippen molar-refractivity contribution in [1.82, 2.24) is 4.90 Å². The summed E-state index contributed by atoms with van der Waals surface area (Å²) in [5.74, 6) is -0.132. The molecule has 0 bridgehead atoms. The van der Waals surface area contributed by atoms with Crippen molar-refractivity contribution in [2.24, 2.45) is 5.92 Å². The normalized spacial score (nSPS) is 21.7. The molecule has 0 unspecified atom stereocenters. The predicted octanol–water partition coefficient (Wildman–Crippen LogP) is 2.72. The Morgan fingerprint density at radius 3 is 2.89 bits per heavy atom. The molecule has 0 aliphatic carbocycles. The molecular weight excluding hydrogens is 240 g/mol. The van der Waals surface area contributed by atoms with Gasteiger partial charge in [0.1, 0.15) is 6.61 Å². The largest absolute Gasteiger partial charge is 0.445 e. The summed E-state index contributed by atoms with van der Waals surface area (Å²) in [4.78, 5) is 13.6. The topological polar surface area (TPSA) is 53.3 Å². The Morgan fingerprint density at radius 1 is 1.53 bits per heavy atom. The van der Waals surface area contributed by atoms with E-state index in [9.17, 15) is 4.79 Å². The molecule has 1 aromatic rings. The number of likely N-dealkylation sites (tertiary alicyclic amines) is 1. The first-order valence-electron chi connectivity index (χ1n) is 6.24. The summed E-state index contributed by atoms with van der Waals surface area (Å²) in [6.07, 6.45) is 1.95. The van der Waals surface area contributed by atoms with Crippen LogP contribution in [0.15, 0.2) is 43.0 Å². The molecule has 4 nitrogen and oxygen atoms in total. The first kappa shape index (κ1) is 13.2. The maximum atomic E-state index is 12.0. The SMILES string of the molecule is C=C[C@@H]1C[C@H](C#N)CN1C(=O)OCc1ccccc1. The van der Waals surface area contributed by atoms with Gasteiger partial charge in [0.15, 0.2) is 0 Å². The van der Waals surface area contributed by atoms with Crippen molar-refractivity contribution in [3.63, 3.8) is 0 Å². The van der Waals surface area contributed by atoms with Crippen LogP contribution in [0.25, 0.3) is 0 Å². The summed E-state index contributed by atoms with van der Waals surface area (Å²) in [5, 5.41) is 8.92. The molecule has 0 radical (unpaired) electrons. The van der Waals surface area contributed by atoms with E-state index in [0.29, 0.717) is 13.0 Å². The molecule has 4 heteroatoms. The molecule has 0 saturated carbocycles. The van der Waals surface area contributed by atoms with E-state index in [2.05, 4.69) is 12.6 Å². The van der Waals surface area contributed by atoms with Gasteiger partial charge in [-0.05, 0) is 12.0 Å². The number of hydrogen-bond acceptors (Lipinski definition) is 3. The lowest BCUT2D eigenvalue weighted by Gasteiger charge is -2.21. The molecule has 1 aromatic carbocycles. The Kier molecular flexibility index (Phi) is 4.19. The van der Waals surface area contributed by atoms with Crippen LogP contribution < -0.4 is 0 Å². The first-order chi connectivity index (χ1) is 9.24. The maximum Gasteiger partial charge on any atom is 0.410 e. The molecule has 1 saturated heterocycles. The number of carbonyl (C=O) groups excluding carboxylic acids is 1. The van der Waals surface area contributed by atoms with E-state index in [-0.39, 0.29) is 24.7 Å². The Labute approximate surface area is 112 Å². The molecule has 98 valence electrons. The zero-order valence-corrected chi connectivity index (χ0v) is 10.7. The Morgan fingerprint density at radius 2 is 2.26 bits per heavy atom. The smallest absolute Gasteiger partial charge is 0.410 e. The van der Waals surface area contributed by atoms with Crippen LogP contribution in [-0.4, -0.2) is 23.6 Å². The van der Waals surface area contributed by atoms with Gasteiger partial charge in [-0.15, -0.1) is 6.58 Å². The highest BCUT2D eigenvalue weighted by Gasteiger charge is 2.34. The molecule has 1 aliphatic heterocycles. The van der Waals surface area contributed by atoms with Crippen LogP contribution in [0.5, 0.6) is 0 Å². The van der Waals surface area contributed by atoms with E-state index in [0.717, 1.165) is 5.56 Å². The quantitative estimate of drug-likeness (QED) is 0.781. The van der Waals surface area contributed by atoms with Gasteiger partial charge in [0, 0.05) is 6.54 Å². The zero-order valence-electron chi connectivity index (χ0n) is 10.7. The van der Waals surface area contributed by atoms with Crippen LogP contribution in [0.2, 0.25) is 0 Å². The first-order valence-corrected chi connectivity index (χ1v) is 6.24. The second kappa shape index (κ2) is 6.05. The van der Waals surface area contributed by atoms with Gasteiger partial charge < -0.3 is 9.64 Å². The van der Waals surface area contributed by atoms with Gasteiger partial charge in [0.2, 0.25) is 0 Å². The lowest BCUT2D eigenvalue weighted by Crippen LogP contribution is -2.34. The summed E-state index contributed by atoms with van der Waals surface area (Å²) in [5.41, 5.74) is 0.946. The van der Waals surface area contributed by atoms with Gasteiger partial charge in [0.25, 0.3) is 0 Å². The van der Waals surface area contributed by atoms with Crippen molar-refractivity contribution in [1.29, 1.82) is 5.26 Å². The second-order valence-electron chi connectivity index (χ2n) is 4.56. The van der Waals surface area contributed by atoms with Crippen molar-refractivity contribution in [2.45, 2.75) is 19.1 Å². The number of amides is 1. The molecule has 0 spiro atoms. The van der Waals surface area contributed by atoms with Crippen LogP contribution in [-0.2, 0) is 11.3 Å². The van der Waals surface area contributed by atoms with Crippen LogP contribution >= 0.6 is 0 Å². The number of rotatable bonds is 3. The van der Waals surface area contributed by atoms with E-state index in [4.69, 9.17) is 10.00 Å². The lowest BCUT2D eigenvalue weighted by atomic mass is 10.1. The molecule has 0 aromatic heterocycles. The Hall–Kier alpha value is -2.28. The number of nitriles is 1. The van der Waals surface area contributed by atoms with Crippen molar-refractivity contribution in [3.8, 4) is 6.07 Å². The highest BCUT2D eigenvalue weighted by molar-refractivity contribution is 5.69. The average molecular weight is 256 g/mol. The van der Waals surface area contributed by atoms with Gasteiger partial charge in [-0.1, -0.05) is 36.4 Å². The van der Waals surface area contributed by atoms with E-state index in [1.165, 1.54) is 0 Å². The van der Waals surface area contributed by atoms with Crippen LogP contribution in [0.4, 0.5) is 4.79 Å². The molecule has 2 rings (SSSR count). The van der Waals surface area contributed by atoms with E-state index < -0.39 is 0 Å². The number of carbonyl (C=O) groups is 1. The van der Waals surface area contributed by atoms with E-state index in [1.54, 1.807) is 11.0 Å². The fourth-order valence-corrected chi connectivity index (χ4v) is 2.20. The monoisotopic (exact) mass is 256 g/mol. The van der Waals surface area contributed by atoms with Crippen molar-refractivity contribution in [2.75, 3.05) is 6.54 Å². The van der Waals surface area contributed by atoms with E-state index in [1.807, 2.05) is 30.3 Å². The fraction of sp³-hybridized carbons (Fsp3) is 0.333. The Bertz CT molecular complexity index is 493.